The Labute approximate surface area is 195 Å². The molecule has 6 nitrogen and oxygen atoms in total. The molecule has 2 aromatic rings. The highest BCUT2D eigenvalue weighted by Gasteiger charge is 2.30. The molecule has 170 valence electrons. The van der Waals surface area contributed by atoms with Crippen molar-refractivity contribution >= 4 is 23.1 Å². The van der Waals surface area contributed by atoms with Crippen LogP contribution in [0.25, 0.3) is 0 Å². The Bertz CT molecular complexity index is 892. The predicted molar refractivity (Wildman–Crippen MR) is 130 cm³/mol. The second-order valence-electron chi connectivity index (χ2n) is 8.84. The fourth-order valence-electron chi connectivity index (χ4n) is 4.87. The number of amides is 2. The van der Waals surface area contributed by atoms with Gasteiger partial charge in [-0.2, -0.15) is 5.26 Å². The molecule has 1 saturated carbocycles. The van der Waals surface area contributed by atoms with Crippen LogP contribution >= 0.6 is 11.3 Å². The van der Waals surface area contributed by atoms with E-state index in [-0.39, 0.29) is 12.1 Å². The van der Waals surface area contributed by atoms with Crippen LogP contribution in [0, 0.1) is 11.3 Å². The van der Waals surface area contributed by atoms with Gasteiger partial charge in [0.2, 0.25) is 0 Å². The van der Waals surface area contributed by atoms with Gasteiger partial charge in [0.15, 0.2) is 0 Å². The molecule has 1 aliphatic heterocycles. The molecule has 0 unspecified atom stereocenters. The number of nitrogens with zero attached hydrogens (tertiary/aromatic N) is 2. The molecule has 0 spiro atoms. The van der Waals surface area contributed by atoms with Gasteiger partial charge in [-0.25, -0.2) is 4.79 Å². The largest absolute Gasteiger partial charge is 0.370 e. The lowest BCUT2D eigenvalue weighted by molar-refractivity contribution is 0.217. The highest BCUT2D eigenvalue weighted by molar-refractivity contribution is 7.09. The summed E-state index contributed by atoms with van der Waals surface area (Å²) in [6.45, 7) is 2.67. The van der Waals surface area contributed by atoms with Crippen LogP contribution in [0.15, 0.2) is 41.8 Å². The Hall–Kier alpha value is -2.56. The molecule has 0 bridgehead atoms. The van der Waals surface area contributed by atoms with Crippen molar-refractivity contribution in [2.24, 2.45) is 0 Å². The second kappa shape index (κ2) is 11.3. The lowest BCUT2D eigenvalue weighted by Gasteiger charge is -2.40. The summed E-state index contributed by atoms with van der Waals surface area (Å²) in [5.74, 6) is 0. The van der Waals surface area contributed by atoms with Crippen LogP contribution in [-0.4, -0.2) is 43.8 Å². The summed E-state index contributed by atoms with van der Waals surface area (Å²) in [7, 11) is 0. The maximum atomic E-state index is 12.5. The number of anilines is 1. The third kappa shape index (κ3) is 6.24. The number of piperidine rings is 1. The van der Waals surface area contributed by atoms with Gasteiger partial charge < -0.3 is 20.9 Å². The van der Waals surface area contributed by atoms with E-state index in [1.807, 2.05) is 30.3 Å². The number of urea groups is 1. The molecule has 3 N–H and O–H groups in total. The van der Waals surface area contributed by atoms with Gasteiger partial charge in [-0.1, -0.05) is 18.9 Å². The van der Waals surface area contributed by atoms with E-state index < -0.39 is 0 Å². The lowest BCUT2D eigenvalue weighted by atomic mass is 9.89. The van der Waals surface area contributed by atoms with Crippen molar-refractivity contribution in [3.05, 3.63) is 52.2 Å². The number of thiophene rings is 1. The van der Waals surface area contributed by atoms with E-state index in [4.69, 9.17) is 5.26 Å². The van der Waals surface area contributed by atoms with E-state index in [9.17, 15) is 4.79 Å². The first-order valence-electron chi connectivity index (χ1n) is 11.8. The number of carbonyl (C=O) groups is 1. The van der Waals surface area contributed by atoms with E-state index in [1.165, 1.54) is 23.4 Å². The van der Waals surface area contributed by atoms with Crippen molar-refractivity contribution in [3.63, 3.8) is 0 Å². The Kier molecular flexibility index (Phi) is 8.02. The summed E-state index contributed by atoms with van der Waals surface area (Å²) < 4.78 is 0. The predicted octanol–water partition coefficient (Wildman–Crippen LogP) is 4.03. The molecule has 32 heavy (non-hydrogen) atoms. The van der Waals surface area contributed by atoms with Crippen LogP contribution in [0.1, 0.15) is 49.0 Å². The van der Waals surface area contributed by atoms with Crippen LogP contribution in [-0.2, 0) is 6.42 Å². The van der Waals surface area contributed by atoms with Gasteiger partial charge >= 0.3 is 6.03 Å². The van der Waals surface area contributed by atoms with Crippen LogP contribution < -0.4 is 20.9 Å². The number of nitrogens with one attached hydrogen (secondary N) is 3. The van der Waals surface area contributed by atoms with Gasteiger partial charge in [0.1, 0.15) is 0 Å². The molecule has 2 heterocycles. The number of carbonyl (C=O) groups excluding carboxylic acids is 1. The molecule has 2 aliphatic rings. The standard InChI is InChI=1S/C25H33N5OS/c26-17-19-9-11-21(12-10-19)30-15-3-5-20(18-30)28-23-7-1-2-8-24(23)29-25(31)27-14-13-22-6-4-16-32-22/h4,6,9-12,16,20,23-24,28H,1-3,5,7-8,13-15,18H2,(H2,27,29,31)/t20-,23+,24+/m0/s1. The minimum Gasteiger partial charge on any atom is -0.370 e. The van der Waals surface area contributed by atoms with Crippen molar-refractivity contribution < 1.29 is 4.79 Å². The van der Waals surface area contributed by atoms with Crippen molar-refractivity contribution in [3.8, 4) is 6.07 Å². The third-order valence-corrected chi connectivity index (χ3v) is 7.49. The van der Waals surface area contributed by atoms with E-state index >= 15 is 0 Å². The second-order valence-corrected chi connectivity index (χ2v) is 9.87. The molecule has 3 atom stereocenters. The molecular weight excluding hydrogens is 418 g/mol. The fourth-order valence-corrected chi connectivity index (χ4v) is 5.58. The van der Waals surface area contributed by atoms with Gasteiger partial charge in [0.05, 0.1) is 11.6 Å². The first-order chi connectivity index (χ1) is 15.7. The molecule has 1 saturated heterocycles. The Balaban J connectivity index is 1.27. The highest BCUT2D eigenvalue weighted by atomic mass is 32.1. The molecule has 1 aromatic carbocycles. The molecule has 0 radical (unpaired) electrons. The quantitative estimate of drug-likeness (QED) is 0.594. The third-order valence-electron chi connectivity index (χ3n) is 6.55. The number of hydrogen-bond donors (Lipinski definition) is 3. The smallest absolute Gasteiger partial charge is 0.315 e. The summed E-state index contributed by atoms with van der Waals surface area (Å²) >= 11 is 1.73. The maximum absolute atomic E-state index is 12.5. The summed E-state index contributed by atoms with van der Waals surface area (Å²) in [5.41, 5.74) is 1.88. The van der Waals surface area contributed by atoms with E-state index in [1.54, 1.807) is 11.3 Å². The topological polar surface area (TPSA) is 80.2 Å². The Morgan fingerprint density at radius 2 is 1.91 bits per heavy atom. The SMILES string of the molecule is N#Cc1ccc(N2CCC[C@H](N[C@@H]3CCCC[C@H]3NC(=O)NCCc3cccs3)C2)cc1. The van der Waals surface area contributed by atoms with Gasteiger partial charge in [0, 0.05) is 48.3 Å². The van der Waals surface area contributed by atoms with E-state index in [2.05, 4.69) is 38.4 Å². The Morgan fingerprint density at radius 1 is 1.09 bits per heavy atom. The number of rotatable bonds is 7. The average Bonchev–Trinajstić information content (AvgIpc) is 3.34. The fraction of sp³-hybridized carbons (Fsp3) is 0.520. The van der Waals surface area contributed by atoms with Crippen molar-refractivity contribution in [2.75, 3.05) is 24.5 Å². The number of benzene rings is 1. The van der Waals surface area contributed by atoms with Gasteiger partial charge in [-0.05, 0) is 67.8 Å². The average molecular weight is 452 g/mol. The van der Waals surface area contributed by atoms with Crippen LogP contribution in [0.4, 0.5) is 10.5 Å². The first-order valence-corrected chi connectivity index (χ1v) is 12.7. The van der Waals surface area contributed by atoms with Gasteiger partial charge in [0.25, 0.3) is 0 Å². The van der Waals surface area contributed by atoms with Crippen molar-refractivity contribution in [2.45, 2.75) is 63.1 Å². The van der Waals surface area contributed by atoms with Crippen LogP contribution in [0.2, 0.25) is 0 Å². The Morgan fingerprint density at radius 3 is 2.66 bits per heavy atom. The zero-order chi connectivity index (χ0) is 22.2. The molecule has 4 rings (SSSR count). The summed E-state index contributed by atoms with van der Waals surface area (Å²) in [6, 6.07) is 15.1. The molecule has 7 heteroatoms. The molecule has 2 fully saturated rings. The zero-order valence-electron chi connectivity index (χ0n) is 18.6. The molecule has 1 aromatic heterocycles. The van der Waals surface area contributed by atoms with E-state index in [0.717, 1.165) is 45.2 Å². The van der Waals surface area contributed by atoms with Crippen LogP contribution in [0.5, 0.6) is 0 Å². The lowest BCUT2D eigenvalue weighted by Crippen LogP contribution is -2.58. The zero-order valence-corrected chi connectivity index (χ0v) is 19.4. The van der Waals surface area contributed by atoms with Crippen molar-refractivity contribution in [1.29, 1.82) is 5.26 Å². The molecule has 2 amide bonds. The minimum absolute atomic E-state index is 0.0527. The maximum Gasteiger partial charge on any atom is 0.315 e. The summed E-state index contributed by atoms with van der Waals surface area (Å²) in [5, 5.41) is 21.3. The normalized spacial score (nSPS) is 23.3. The summed E-state index contributed by atoms with van der Waals surface area (Å²) in [4.78, 5) is 16.2. The monoisotopic (exact) mass is 451 g/mol. The first kappa shape index (κ1) is 22.6. The number of hydrogen-bond acceptors (Lipinski definition) is 5. The van der Waals surface area contributed by atoms with Crippen molar-refractivity contribution in [1.82, 2.24) is 16.0 Å². The highest BCUT2D eigenvalue weighted by Crippen LogP contribution is 2.24. The molecular formula is C25H33N5OS. The van der Waals surface area contributed by atoms with Crippen LogP contribution in [0.3, 0.4) is 0 Å². The minimum atomic E-state index is -0.0527. The van der Waals surface area contributed by atoms with E-state index in [0.29, 0.717) is 24.2 Å². The number of nitriles is 1. The van der Waals surface area contributed by atoms with Gasteiger partial charge in [-0.15, -0.1) is 11.3 Å². The molecule has 1 aliphatic carbocycles. The summed E-state index contributed by atoms with van der Waals surface area (Å²) in [6.07, 6.45) is 7.69. The van der Waals surface area contributed by atoms with Gasteiger partial charge in [-0.3, -0.25) is 0 Å².